The molecule has 0 radical (unpaired) electrons. The number of hydrogen-bond acceptors (Lipinski definition) is 2. The molecule has 0 aromatic carbocycles. The van der Waals surface area contributed by atoms with Gasteiger partial charge in [-0.3, -0.25) is 0 Å². The molecule has 0 heterocycles. The van der Waals surface area contributed by atoms with Gasteiger partial charge in [0.1, 0.15) is 0 Å². The highest BCUT2D eigenvalue weighted by Gasteiger charge is 2.18. The second kappa shape index (κ2) is 8.92. The molecule has 18 heavy (non-hydrogen) atoms. The first-order chi connectivity index (χ1) is 8.59. The zero-order valence-corrected chi connectivity index (χ0v) is 12.9. The van der Waals surface area contributed by atoms with E-state index in [0.29, 0.717) is 12.0 Å². The van der Waals surface area contributed by atoms with Crippen LogP contribution in [0.3, 0.4) is 0 Å². The third kappa shape index (κ3) is 6.75. The molecule has 1 aliphatic carbocycles. The average molecular weight is 255 g/mol. The van der Waals surface area contributed by atoms with Crippen molar-refractivity contribution in [3.8, 4) is 0 Å². The van der Waals surface area contributed by atoms with Gasteiger partial charge in [-0.15, -0.1) is 0 Å². The van der Waals surface area contributed by atoms with E-state index in [4.69, 9.17) is 4.74 Å². The minimum absolute atomic E-state index is 0.380. The maximum absolute atomic E-state index is 6.16. The normalized spacial score (nSPS) is 19.7. The van der Waals surface area contributed by atoms with Gasteiger partial charge in [0.15, 0.2) is 0 Å². The van der Waals surface area contributed by atoms with E-state index < -0.39 is 0 Å². The van der Waals surface area contributed by atoms with Gasteiger partial charge in [0, 0.05) is 13.2 Å². The van der Waals surface area contributed by atoms with Crippen LogP contribution in [0.5, 0.6) is 0 Å². The Morgan fingerprint density at radius 3 is 2.22 bits per heavy atom. The minimum atomic E-state index is 0.380. The van der Waals surface area contributed by atoms with E-state index in [-0.39, 0.29) is 0 Å². The Hall–Kier alpha value is -0.0800. The van der Waals surface area contributed by atoms with Crippen LogP contribution in [0, 0.1) is 17.8 Å². The van der Waals surface area contributed by atoms with Crippen molar-refractivity contribution >= 4 is 0 Å². The third-order valence-electron chi connectivity index (χ3n) is 3.91. The molecule has 0 aromatic rings. The van der Waals surface area contributed by atoms with Gasteiger partial charge in [-0.25, -0.2) is 0 Å². The Morgan fingerprint density at radius 2 is 1.67 bits per heavy atom. The van der Waals surface area contributed by atoms with Crippen molar-refractivity contribution in [1.82, 2.24) is 5.32 Å². The highest BCUT2D eigenvalue weighted by atomic mass is 16.5. The fourth-order valence-electron chi connectivity index (χ4n) is 2.61. The summed E-state index contributed by atoms with van der Waals surface area (Å²) in [7, 11) is 0. The topological polar surface area (TPSA) is 21.3 Å². The third-order valence-corrected chi connectivity index (χ3v) is 3.91. The van der Waals surface area contributed by atoms with Crippen LogP contribution in [0.2, 0.25) is 0 Å². The van der Waals surface area contributed by atoms with E-state index in [9.17, 15) is 0 Å². The molecule has 2 heteroatoms. The second-order valence-electron chi connectivity index (χ2n) is 6.67. The molecule has 1 fully saturated rings. The Bertz CT molecular complexity index is 197. The molecule has 0 spiro atoms. The summed E-state index contributed by atoms with van der Waals surface area (Å²) in [5.41, 5.74) is 0. The van der Waals surface area contributed by atoms with Crippen molar-refractivity contribution in [1.29, 1.82) is 0 Å². The molecule has 0 saturated heterocycles. The summed E-state index contributed by atoms with van der Waals surface area (Å²) in [5.74, 6) is 2.15. The van der Waals surface area contributed by atoms with Crippen molar-refractivity contribution < 1.29 is 4.74 Å². The van der Waals surface area contributed by atoms with Gasteiger partial charge < -0.3 is 10.1 Å². The Kier molecular flexibility index (Phi) is 7.92. The van der Waals surface area contributed by atoms with Crippen LogP contribution in [0.1, 0.15) is 59.8 Å². The fraction of sp³-hybridized carbons (Fsp3) is 1.00. The van der Waals surface area contributed by atoms with E-state index in [1.807, 2.05) is 0 Å². The lowest BCUT2D eigenvalue weighted by Gasteiger charge is -2.27. The van der Waals surface area contributed by atoms with Gasteiger partial charge in [-0.2, -0.15) is 0 Å². The molecule has 0 amide bonds. The summed E-state index contributed by atoms with van der Waals surface area (Å²) in [6.07, 6.45) is 7.39. The van der Waals surface area contributed by atoms with E-state index in [0.717, 1.165) is 31.5 Å². The predicted molar refractivity (Wildman–Crippen MR) is 78.9 cm³/mol. The molecule has 1 unspecified atom stereocenters. The lowest BCUT2D eigenvalue weighted by molar-refractivity contribution is -0.00387. The van der Waals surface area contributed by atoms with Crippen LogP contribution in [-0.2, 0) is 4.74 Å². The first-order valence-corrected chi connectivity index (χ1v) is 7.92. The van der Waals surface area contributed by atoms with Crippen molar-refractivity contribution in [2.24, 2.45) is 17.8 Å². The molecule has 0 aliphatic heterocycles. The molecule has 1 atom stereocenters. The van der Waals surface area contributed by atoms with Crippen LogP contribution in [0.25, 0.3) is 0 Å². The first kappa shape index (κ1) is 16.0. The monoisotopic (exact) mass is 255 g/mol. The van der Waals surface area contributed by atoms with Crippen molar-refractivity contribution in [3.63, 3.8) is 0 Å². The number of ether oxygens (including phenoxy) is 1. The molecular formula is C16H33NO. The highest BCUT2D eigenvalue weighted by molar-refractivity contribution is 4.70. The molecule has 1 N–H and O–H groups in total. The molecule has 1 aliphatic rings. The second-order valence-corrected chi connectivity index (χ2v) is 6.67. The molecule has 0 aromatic heterocycles. The lowest BCUT2D eigenvalue weighted by atomic mass is 9.90. The van der Waals surface area contributed by atoms with Crippen molar-refractivity contribution in [2.75, 3.05) is 19.7 Å². The summed E-state index contributed by atoms with van der Waals surface area (Å²) in [6, 6.07) is 0. The summed E-state index contributed by atoms with van der Waals surface area (Å²) >= 11 is 0. The van der Waals surface area contributed by atoms with Gasteiger partial charge in [0.2, 0.25) is 0 Å². The molecule has 0 bridgehead atoms. The van der Waals surface area contributed by atoms with Crippen molar-refractivity contribution in [3.05, 3.63) is 0 Å². The van der Waals surface area contributed by atoms with Crippen molar-refractivity contribution in [2.45, 2.75) is 65.9 Å². The standard InChI is InChI=1S/C16H33NO/c1-13(2)10-17-11-16(14(3)4)18-12-15-8-6-5-7-9-15/h13-17H,5-12H2,1-4H3. The largest absolute Gasteiger partial charge is 0.376 e. The van der Waals surface area contributed by atoms with E-state index >= 15 is 0 Å². The lowest BCUT2D eigenvalue weighted by Crippen LogP contribution is -2.36. The highest BCUT2D eigenvalue weighted by Crippen LogP contribution is 2.24. The predicted octanol–water partition coefficient (Wildman–Crippen LogP) is 3.85. The summed E-state index contributed by atoms with van der Waals surface area (Å²) in [5, 5.41) is 3.53. The summed E-state index contributed by atoms with van der Waals surface area (Å²) in [4.78, 5) is 0. The smallest absolute Gasteiger partial charge is 0.0722 e. The number of rotatable bonds is 8. The molecule has 2 nitrogen and oxygen atoms in total. The molecule has 1 saturated carbocycles. The average Bonchev–Trinajstić information content (AvgIpc) is 2.34. The molecular weight excluding hydrogens is 222 g/mol. The summed E-state index contributed by atoms with van der Waals surface area (Å²) in [6.45, 7) is 12.1. The quantitative estimate of drug-likeness (QED) is 0.711. The maximum Gasteiger partial charge on any atom is 0.0722 e. The Balaban J connectivity index is 2.19. The number of hydrogen-bond donors (Lipinski definition) is 1. The van der Waals surface area contributed by atoms with Crippen LogP contribution >= 0.6 is 0 Å². The zero-order chi connectivity index (χ0) is 13.4. The van der Waals surface area contributed by atoms with E-state index in [1.165, 1.54) is 32.1 Å². The Labute approximate surface area is 114 Å². The van der Waals surface area contributed by atoms with Crippen LogP contribution in [-0.4, -0.2) is 25.8 Å². The molecule has 108 valence electrons. The maximum atomic E-state index is 6.16. The Morgan fingerprint density at radius 1 is 1.00 bits per heavy atom. The van der Waals surface area contributed by atoms with Crippen LogP contribution in [0.4, 0.5) is 0 Å². The number of nitrogens with one attached hydrogen (secondary N) is 1. The van der Waals surface area contributed by atoms with Crippen LogP contribution < -0.4 is 5.32 Å². The SMILES string of the molecule is CC(C)CNCC(OCC1CCCCC1)C(C)C. The van der Waals surface area contributed by atoms with Gasteiger partial charge in [-0.05, 0) is 37.1 Å². The minimum Gasteiger partial charge on any atom is -0.376 e. The fourth-order valence-corrected chi connectivity index (χ4v) is 2.61. The van der Waals surface area contributed by atoms with Gasteiger partial charge >= 0.3 is 0 Å². The van der Waals surface area contributed by atoms with E-state index in [2.05, 4.69) is 33.0 Å². The first-order valence-electron chi connectivity index (χ1n) is 7.92. The van der Waals surface area contributed by atoms with Gasteiger partial charge in [-0.1, -0.05) is 47.0 Å². The van der Waals surface area contributed by atoms with Gasteiger partial charge in [0.25, 0.3) is 0 Å². The summed E-state index contributed by atoms with van der Waals surface area (Å²) < 4.78 is 6.16. The van der Waals surface area contributed by atoms with E-state index in [1.54, 1.807) is 0 Å². The zero-order valence-electron chi connectivity index (χ0n) is 12.9. The van der Waals surface area contributed by atoms with Gasteiger partial charge in [0.05, 0.1) is 6.10 Å². The molecule has 1 rings (SSSR count). The van der Waals surface area contributed by atoms with Crippen LogP contribution in [0.15, 0.2) is 0 Å².